The van der Waals surface area contributed by atoms with Crippen LogP contribution in [0.5, 0.6) is 0 Å². The number of allylic oxidation sites excluding steroid dienone is 1. The van der Waals surface area contributed by atoms with Crippen LogP contribution in [0, 0.1) is 17.3 Å². The Morgan fingerprint density at radius 3 is 2.24 bits per heavy atom. The smallest absolute Gasteiger partial charge is 0.315 e. The first kappa shape index (κ1) is 33.9. The zero-order valence-electron chi connectivity index (χ0n) is 24.8. The Labute approximate surface area is 258 Å². The molecule has 0 bridgehead atoms. The Kier molecular flexibility index (Phi) is 11.5. The van der Waals surface area contributed by atoms with Gasteiger partial charge < -0.3 is 26.2 Å². The minimum atomic E-state index is -1.20. The van der Waals surface area contributed by atoms with E-state index in [1.165, 1.54) is 4.90 Å². The van der Waals surface area contributed by atoms with E-state index in [9.17, 15) is 24.0 Å². The van der Waals surface area contributed by atoms with Crippen molar-refractivity contribution in [3.05, 3.63) is 25.3 Å². The van der Waals surface area contributed by atoms with Gasteiger partial charge >= 0.3 is 6.03 Å². The second-order valence-electron chi connectivity index (χ2n) is 12.6. The van der Waals surface area contributed by atoms with Crippen LogP contribution in [-0.4, -0.2) is 76.0 Å². The summed E-state index contributed by atoms with van der Waals surface area (Å²) >= 11 is 13.0. The van der Waals surface area contributed by atoms with E-state index in [1.807, 2.05) is 20.8 Å². The van der Waals surface area contributed by atoms with Gasteiger partial charge in [0.1, 0.15) is 16.4 Å². The number of likely N-dealkylation sites (tertiary alicyclic amines) is 1. The highest BCUT2D eigenvalue weighted by atomic mass is 35.5. The van der Waals surface area contributed by atoms with Gasteiger partial charge in [-0.3, -0.25) is 19.2 Å². The summed E-state index contributed by atoms with van der Waals surface area (Å²) < 4.78 is -1.20. The molecule has 5 atom stereocenters. The van der Waals surface area contributed by atoms with Crippen LogP contribution in [-0.2, 0) is 19.2 Å². The lowest BCUT2D eigenvalue weighted by Crippen LogP contribution is -2.62. The lowest BCUT2D eigenvalue weighted by Gasteiger charge is -2.37. The number of Topliss-reactive ketones (excluding diaryl/α,β-unsaturated/α-hetero) is 1. The van der Waals surface area contributed by atoms with Crippen LogP contribution in [0.25, 0.3) is 0 Å². The number of nitrogens with one attached hydrogen (secondary N) is 4. The number of urea groups is 1. The summed E-state index contributed by atoms with van der Waals surface area (Å²) in [6, 6.07) is -3.52. The summed E-state index contributed by atoms with van der Waals surface area (Å²) in [7, 11) is 0. The highest BCUT2D eigenvalue weighted by molar-refractivity contribution is 6.51. The van der Waals surface area contributed by atoms with Crippen LogP contribution >= 0.6 is 23.2 Å². The van der Waals surface area contributed by atoms with Crippen molar-refractivity contribution in [2.24, 2.45) is 17.3 Å². The number of fused-ring (bicyclic) bond motifs is 1. The van der Waals surface area contributed by atoms with E-state index in [4.69, 9.17) is 23.2 Å². The average Bonchev–Trinajstić information content (AvgIpc) is 3.24. The Hall–Kier alpha value is -2.59. The predicted molar refractivity (Wildman–Crippen MR) is 163 cm³/mol. The second kappa shape index (κ2) is 14.3. The molecule has 12 heteroatoms. The molecule has 5 amide bonds. The first-order valence-corrected chi connectivity index (χ1v) is 15.6. The maximum absolute atomic E-state index is 14.0. The second-order valence-corrected chi connectivity index (χ2v) is 14.1. The molecule has 234 valence electrons. The molecule has 3 rings (SSSR count). The van der Waals surface area contributed by atoms with E-state index in [1.54, 1.807) is 12.2 Å². The standard InChI is InChI=1S/C30H45Cl2N5O5/c1-6-8-15-20(23(38)26(40)33-16-9-7-2)35-25(39)22-21-19(30(21,31)32)17-37(22)27(41)24(29(3,4)5)36-28(42)34-18-13-11-10-12-14-18/h6-7,18-22,24H,1-2,8-17H2,3-5H3,(H,33,40)(H,35,39)(H2,34,36,42)/t19-,20?,21-,22-,24?/m0/s1. The van der Waals surface area contributed by atoms with Crippen LogP contribution in [0.4, 0.5) is 4.79 Å². The SMILES string of the molecule is C=CCCNC(=O)C(=O)C(CCC=C)NC(=O)[C@@H]1[C@@H]2[C@H](CN1C(=O)C(NC(=O)NC1CCCCC1)C(C)(C)C)C2(Cl)Cl. The quantitative estimate of drug-likeness (QED) is 0.108. The molecule has 4 N–H and O–H groups in total. The summed E-state index contributed by atoms with van der Waals surface area (Å²) in [5, 5.41) is 11.1. The minimum absolute atomic E-state index is 0.0551. The van der Waals surface area contributed by atoms with E-state index in [-0.39, 0.29) is 31.5 Å². The number of hydrogen-bond acceptors (Lipinski definition) is 5. The van der Waals surface area contributed by atoms with Gasteiger partial charge in [-0.1, -0.05) is 52.2 Å². The molecular formula is C30H45Cl2N5O5. The highest BCUT2D eigenvalue weighted by Gasteiger charge is 2.74. The number of halogens is 2. The van der Waals surface area contributed by atoms with E-state index in [0.717, 1.165) is 32.1 Å². The topological polar surface area (TPSA) is 137 Å². The number of rotatable bonds is 13. The molecule has 0 spiro atoms. The third-order valence-corrected chi connectivity index (χ3v) is 9.43. The van der Waals surface area contributed by atoms with Crippen molar-refractivity contribution in [2.45, 2.75) is 101 Å². The third kappa shape index (κ3) is 8.07. The fourth-order valence-electron chi connectivity index (χ4n) is 5.90. The molecule has 1 saturated heterocycles. The van der Waals surface area contributed by atoms with Gasteiger partial charge in [-0.2, -0.15) is 0 Å². The summed E-state index contributed by atoms with van der Waals surface area (Å²) in [6.45, 7) is 13.1. The molecule has 2 saturated carbocycles. The largest absolute Gasteiger partial charge is 0.349 e. The summed E-state index contributed by atoms with van der Waals surface area (Å²) in [4.78, 5) is 67.6. The maximum Gasteiger partial charge on any atom is 0.315 e. The van der Waals surface area contributed by atoms with Gasteiger partial charge in [0.15, 0.2) is 0 Å². The zero-order valence-corrected chi connectivity index (χ0v) is 26.4. The zero-order chi connectivity index (χ0) is 31.2. The molecule has 0 radical (unpaired) electrons. The molecule has 0 aromatic heterocycles. The molecule has 1 aliphatic heterocycles. The van der Waals surface area contributed by atoms with E-state index < -0.39 is 63.3 Å². The first-order valence-electron chi connectivity index (χ1n) is 14.8. The number of ketones is 1. The van der Waals surface area contributed by atoms with Crippen LogP contribution in [0.3, 0.4) is 0 Å². The normalized spacial score (nSPS) is 24.4. The molecule has 0 aromatic carbocycles. The van der Waals surface area contributed by atoms with Gasteiger partial charge in [0.2, 0.25) is 17.6 Å². The maximum atomic E-state index is 14.0. The Morgan fingerprint density at radius 1 is 1.00 bits per heavy atom. The molecule has 3 aliphatic rings. The molecule has 0 aromatic rings. The fraction of sp³-hybridized carbons (Fsp3) is 0.700. The lowest BCUT2D eigenvalue weighted by atomic mass is 9.85. The van der Waals surface area contributed by atoms with Crippen molar-refractivity contribution in [1.29, 1.82) is 0 Å². The van der Waals surface area contributed by atoms with Crippen LogP contribution in [0.1, 0.15) is 72.1 Å². The van der Waals surface area contributed by atoms with E-state index >= 15 is 0 Å². The van der Waals surface area contributed by atoms with Crippen molar-refractivity contribution in [3.63, 3.8) is 0 Å². The number of piperidine rings is 1. The number of alkyl halides is 2. The van der Waals surface area contributed by atoms with E-state index in [2.05, 4.69) is 34.4 Å². The van der Waals surface area contributed by atoms with Gasteiger partial charge in [-0.25, -0.2) is 4.79 Å². The monoisotopic (exact) mass is 625 g/mol. The molecule has 42 heavy (non-hydrogen) atoms. The average molecular weight is 627 g/mol. The highest BCUT2D eigenvalue weighted by Crippen LogP contribution is 2.65. The van der Waals surface area contributed by atoms with Gasteiger partial charge in [0.25, 0.3) is 5.91 Å². The number of amides is 5. The van der Waals surface area contributed by atoms with Crippen LogP contribution < -0.4 is 21.3 Å². The molecular weight excluding hydrogens is 581 g/mol. The van der Waals surface area contributed by atoms with Gasteiger partial charge in [0.05, 0.1) is 6.04 Å². The third-order valence-electron chi connectivity index (χ3n) is 8.36. The van der Waals surface area contributed by atoms with Crippen molar-refractivity contribution >= 4 is 52.7 Å². The van der Waals surface area contributed by atoms with Gasteiger partial charge in [-0.05, 0) is 37.5 Å². The Bertz CT molecular complexity index is 1070. The van der Waals surface area contributed by atoms with Gasteiger partial charge in [-0.15, -0.1) is 36.4 Å². The Balaban J connectivity index is 1.78. The first-order chi connectivity index (χ1) is 19.7. The molecule has 2 unspecified atom stereocenters. The number of nitrogens with zero attached hydrogens (tertiary/aromatic N) is 1. The minimum Gasteiger partial charge on any atom is -0.349 e. The van der Waals surface area contributed by atoms with Crippen LogP contribution in [0.2, 0.25) is 0 Å². The predicted octanol–water partition coefficient (Wildman–Crippen LogP) is 3.38. The van der Waals surface area contributed by atoms with Crippen molar-refractivity contribution in [2.75, 3.05) is 13.1 Å². The van der Waals surface area contributed by atoms with Gasteiger partial charge in [0, 0.05) is 31.0 Å². The fourth-order valence-corrected chi connectivity index (χ4v) is 6.72. The van der Waals surface area contributed by atoms with Crippen LogP contribution in [0.15, 0.2) is 25.3 Å². The summed E-state index contributed by atoms with van der Waals surface area (Å²) in [5.74, 6) is -3.58. The lowest BCUT2D eigenvalue weighted by molar-refractivity contribution is -0.144. The van der Waals surface area contributed by atoms with Crippen molar-refractivity contribution in [1.82, 2.24) is 26.2 Å². The molecule has 10 nitrogen and oxygen atoms in total. The molecule has 1 heterocycles. The molecule has 2 aliphatic carbocycles. The van der Waals surface area contributed by atoms with Crippen molar-refractivity contribution < 1.29 is 24.0 Å². The van der Waals surface area contributed by atoms with Crippen molar-refractivity contribution in [3.8, 4) is 0 Å². The number of carbonyl (C=O) groups is 5. The number of carbonyl (C=O) groups excluding carboxylic acids is 5. The summed E-state index contributed by atoms with van der Waals surface area (Å²) in [5.41, 5.74) is -0.681. The Morgan fingerprint density at radius 2 is 1.64 bits per heavy atom. The molecule has 3 fully saturated rings. The van der Waals surface area contributed by atoms with E-state index in [0.29, 0.717) is 12.8 Å². The summed E-state index contributed by atoms with van der Waals surface area (Å²) in [6.07, 6.45) is 9.24. The number of hydrogen-bond donors (Lipinski definition) is 4.